The summed E-state index contributed by atoms with van der Waals surface area (Å²) >= 11 is 0. The van der Waals surface area contributed by atoms with E-state index in [4.69, 9.17) is 19.2 Å². The summed E-state index contributed by atoms with van der Waals surface area (Å²) in [5, 5.41) is 0. The predicted molar refractivity (Wildman–Crippen MR) is 17.8 cm³/mol. The third kappa shape index (κ3) is 95.9. The van der Waals surface area contributed by atoms with E-state index in [1.165, 1.54) is 0 Å². The Hall–Kier alpha value is 3.09. The van der Waals surface area contributed by atoms with Crippen molar-refractivity contribution >= 4 is 30.9 Å². The van der Waals surface area contributed by atoms with Crippen LogP contribution in [-0.4, -0.2) is 32.8 Å². The van der Waals surface area contributed by atoms with Crippen LogP contribution in [0, 0.1) is 0 Å². The van der Waals surface area contributed by atoms with Gasteiger partial charge >= 0.3 is 74.4 Å². The van der Waals surface area contributed by atoms with Crippen LogP contribution in [-0.2, 0) is 4.57 Å². The molecule has 2 N–H and O–H groups in total. The summed E-state index contributed by atoms with van der Waals surface area (Å²) in [6, 6.07) is 0. The van der Waals surface area contributed by atoms with Gasteiger partial charge in [0.05, 0.1) is 0 Å². The summed E-state index contributed by atoms with van der Waals surface area (Å²) < 4.78 is 8.77. The SMILES string of the molecule is O=P([O-])(O)O.[Cl-].[Cl-].[K+].[Mg+2]. The van der Waals surface area contributed by atoms with Crippen LogP contribution < -0.4 is 81.1 Å². The maximum absolute atomic E-state index is 8.77. The third-order valence-corrected chi connectivity index (χ3v) is 0. The zero-order valence-corrected chi connectivity index (χ0v) is 11.6. The van der Waals surface area contributed by atoms with Crippen molar-refractivity contribution in [3.05, 3.63) is 0 Å². The van der Waals surface area contributed by atoms with Gasteiger partial charge in [-0.15, -0.1) is 0 Å². The molecule has 0 aromatic heterocycles. The molecule has 0 rings (SSSR count). The maximum atomic E-state index is 8.77. The smallest absolute Gasteiger partial charge is 1.00 e. The fourth-order valence-electron chi connectivity index (χ4n) is 0. The molecule has 0 aromatic carbocycles. The van der Waals surface area contributed by atoms with Gasteiger partial charge in [0.15, 0.2) is 0 Å². The van der Waals surface area contributed by atoms with Crippen molar-refractivity contribution in [2.24, 2.45) is 0 Å². The van der Waals surface area contributed by atoms with Gasteiger partial charge in [-0.1, -0.05) is 0 Å². The molecule has 0 radical (unpaired) electrons. The van der Waals surface area contributed by atoms with Crippen LogP contribution in [0.25, 0.3) is 0 Å². The van der Waals surface area contributed by atoms with Crippen molar-refractivity contribution in [1.82, 2.24) is 0 Å². The van der Waals surface area contributed by atoms with Crippen molar-refractivity contribution in [2.75, 3.05) is 0 Å². The molecular weight excluding hydrogens is 229 g/mol. The first-order valence-corrected chi connectivity index (χ1v) is 2.30. The summed E-state index contributed by atoms with van der Waals surface area (Å²) in [5.74, 6) is 0. The first-order valence-electron chi connectivity index (χ1n) is 0.765. The Kier molecular flexibility index (Phi) is 44.9. The molecule has 0 atom stereocenters. The number of hydrogen-bond donors (Lipinski definition) is 2. The molecule has 0 aliphatic carbocycles. The van der Waals surface area contributed by atoms with Crippen molar-refractivity contribution in [2.45, 2.75) is 0 Å². The Labute approximate surface area is 124 Å². The molecule has 9 heavy (non-hydrogen) atoms. The zero-order chi connectivity index (χ0) is 4.50. The fraction of sp³-hybridized carbons (Fsp3) is 0. The molecule has 0 saturated carbocycles. The van der Waals surface area contributed by atoms with Crippen LogP contribution in [0.4, 0.5) is 0 Å². The molecule has 0 aliphatic heterocycles. The minimum absolute atomic E-state index is 0. The van der Waals surface area contributed by atoms with Gasteiger partial charge in [-0.3, -0.25) is 4.57 Å². The minimum Gasteiger partial charge on any atom is -1.00 e. The second-order valence-electron chi connectivity index (χ2n) is 0.491. The molecule has 9 heteroatoms. The Morgan fingerprint density at radius 2 is 1.22 bits per heavy atom. The molecule has 4 nitrogen and oxygen atoms in total. The third-order valence-electron chi connectivity index (χ3n) is 0. The van der Waals surface area contributed by atoms with E-state index >= 15 is 0 Å². The molecule has 0 saturated heterocycles. The van der Waals surface area contributed by atoms with Gasteiger partial charge in [-0.25, -0.2) is 0 Å². The number of phosphoric acid groups is 1. The van der Waals surface area contributed by atoms with Crippen LogP contribution >= 0.6 is 7.82 Å². The van der Waals surface area contributed by atoms with Crippen LogP contribution in [0.2, 0.25) is 0 Å². The Morgan fingerprint density at radius 3 is 1.22 bits per heavy atom. The molecule has 0 aliphatic rings. The molecule has 0 spiro atoms. The monoisotopic (exact) mass is 230 g/mol. The predicted octanol–water partition coefficient (Wildman–Crippen LogP) is -10.9. The number of rotatable bonds is 0. The van der Waals surface area contributed by atoms with E-state index in [0.29, 0.717) is 0 Å². The van der Waals surface area contributed by atoms with Crippen LogP contribution in [0.5, 0.6) is 0 Å². The van der Waals surface area contributed by atoms with Crippen LogP contribution in [0.1, 0.15) is 0 Å². The maximum Gasteiger partial charge on any atom is 2.00 e. The van der Waals surface area contributed by atoms with Crippen molar-refractivity contribution in [3.63, 3.8) is 0 Å². The summed E-state index contributed by atoms with van der Waals surface area (Å²) in [6.07, 6.45) is 0. The van der Waals surface area contributed by atoms with E-state index in [0.717, 1.165) is 0 Å². The number of hydrogen-bond acceptors (Lipinski definition) is 2. The largest absolute Gasteiger partial charge is 2.00 e. The van der Waals surface area contributed by atoms with Crippen LogP contribution in [0.3, 0.4) is 0 Å². The van der Waals surface area contributed by atoms with Crippen molar-refractivity contribution in [3.8, 4) is 0 Å². The molecule has 0 unspecified atom stereocenters. The Balaban J connectivity index is -0.0000000133. The second kappa shape index (κ2) is 13.7. The van der Waals surface area contributed by atoms with E-state index in [9.17, 15) is 0 Å². The average Bonchev–Trinajstić information content (AvgIpc) is 0.722. The zero-order valence-electron chi connectivity index (χ0n) is 4.62. The van der Waals surface area contributed by atoms with E-state index in [2.05, 4.69) is 0 Å². The number of halogens is 2. The summed E-state index contributed by atoms with van der Waals surface area (Å²) in [6.45, 7) is 0. The van der Waals surface area contributed by atoms with Gasteiger partial charge < -0.3 is 39.5 Å². The topological polar surface area (TPSA) is 80.6 Å². The second-order valence-corrected chi connectivity index (χ2v) is 1.47. The first kappa shape index (κ1) is 29.6. The van der Waals surface area contributed by atoms with E-state index in [-0.39, 0.29) is 99.3 Å². The Bertz CT molecular complexity index is 64.7. The average molecular weight is 231 g/mol. The quantitative estimate of drug-likeness (QED) is 0.320. The van der Waals surface area contributed by atoms with E-state index < -0.39 is 7.82 Å². The summed E-state index contributed by atoms with van der Waals surface area (Å²) in [5.41, 5.74) is 0. The summed E-state index contributed by atoms with van der Waals surface area (Å²) in [7, 11) is -4.89. The molecule has 48 valence electrons. The molecule has 0 amide bonds. The normalized spacial score (nSPS) is 6.56. The molecule has 0 bridgehead atoms. The fourth-order valence-corrected chi connectivity index (χ4v) is 0. The first-order chi connectivity index (χ1) is 2.00. The summed E-state index contributed by atoms with van der Waals surface area (Å²) in [4.78, 5) is 22.9. The van der Waals surface area contributed by atoms with Gasteiger partial charge in [-0.05, 0) is 0 Å². The molecule has 0 fully saturated rings. The van der Waals surface area contributed by atoms with Gasteiger partial charge in [-0.2, -0.15) is 0 Å². The molecular formula is H2Cl2KMgO4P. The molecule has 0 aromatic rings. The van der Waals surface area contributed by atoms with Gasteiger partial charge in [0, 0.05) is 0 Å². The van der Waals surface area contributed by atoms with E-state index in [1.54, 1.807) is 0 Å². The minimum atomic E-state index is -4.89. The van der Waals surface area contributed by atoms with Gasteiger partial charge in [0.25, 0.3) is 7.82 Å². The standard InChI is InChI=1S/2ClH.K.Mg.H3O4P/c;;;;1-5(2,3)4/h2*1H;;;(H3,1,2,3,4)/q;;+1;+2;/p-3. The van der Waals surface area contributed by atoms with E-state index in [1.807, 2.05) is 0 Å². The van der Waals surface area contributed by atoms with Gasteiger partial charge in [0.1, 0.15) is 0 Å². The van der Waals surface area contributed by atoms with Crippen LogP contribution in [0.15, 0.2) is 0 Å². The van der Waals surface area contributed by atoms with Gasteiger partial charge in [0.2, 0.25) is 0 Å². The molecule has 0 heterocycles. The van der Waals surface area contributed by atoms with Crippen molar-refractivity contribution in [1.29, 1.82) is 0 Å². The van der Waals surface area contributed by atoms with Crippen molar-refractivity contribution < 1.29 is 95.4 Å². The Morgan fingerprint density at radius 1 is 1.22 bits per heavy atom.